The van der Waals surface area contributed by atoms with Crippen LogP contribution in [-0.4, -0.2) is 30.2 Å². The Morgan fingerprint density at radius 3 is 2.48 bits per heavy atom. The molecule has 1 aromatic rings. The van der Waals surface area contributed by atoms with Crippen LogP contribution in [0.5, 0.6) is 0 Å². The molecule has 0 aliphatic carbocycles. The minimum Gasteiger partial charge on any atom is -0.326 e. The summed E-state index contributed by atoms with van der Waals surface area (Å²) in [7, 11) is 0. The topological polar surface area (TPSA) is 29.3 Å². The maximum Gasteiger partial charge on any atom is 0.412 e. The van der Waals surface area contributed by atoms with Crippen molar-refractivity contribution in [2.75, 3.05) is 13.1 Å². The normalized spacial score (nSPS) is 20.0. The van der Waals surface area contributed by atoms with Gasteiger partial charge in [0.25, 0.3) is 0 Å². The Bertz CT molecular complexity index is 523. The van der Waals surface area contributed by atoms with Gasteiger partial charge in [-0.15, -0.1) is 0 Å². The van der Waals surface area contributed by atoms with Crippen LogP contribution in [0.25, 0.3) is 0 Å². The van der Waals surface area contributed by atoms with E-state index in [0.717, 1.165) is 0 Å². The molecule has 2 unspecified atom stereocenters. The summed E-state index contributed by atoms with van der Waals surface area (Å²) in [5.74, 6) is -0.373. The molecule has 0 saturated heterocycles. The monoisotopic (exact) mass is 302 g/mol. The second-order valence-electron chi connectivity index (χ2n) is 5.33. The van der Waals surface area contributed by atoms with E-state index in [2.05, 4.69) is 0 Å². The second-order valence-corrected chi connectivity index (χ2v) is 5.33. The van der Waals surface area contributed by atoms with E-state index in [1.165, 1.54) is 18.2 Å². The Morgan fingerprint density at radius 2 is 2.00 bits per heavy atom. The van der Waals surface area contributed by atoms with Gasteiger partial charge < -0.3 is 5.73 Å². The third-order valence-electron chi connectivity index (χ3n) is 3.69. The molecule has 116 valence electrons. The van der Waals surface area contributed by atoms with Crippen LogP contribution in [0.2, 0.25) is 0 Å². The first-order chi connectivity index (χ1) is 9.79. The van der Waals surface area contributed by atoms with E-state index < -0.39 is 11.7 Å². The van der Waals surface area contributed by atoms with Crippen LogP contribution in [0.4, 0.5) is 17.6 Å². The molecule has 0 bridgehead atoms. The summed E-state index contributed by atoms with van der Waals surface area (Å²) in [6.07, 6.45) is -3.14. The lowest BCUT2D eigenvalue weighted by atomic mass is 9.96. The van der Waals surface area contributed by atoms with Crippen molar-refractivity contribution in [2.24, 2.45) is 5.73 Å². The second kappa shape index (κ2) is 6.15. The molecule has 2 atom stereocenters. The van der Waals surface area contributed by atoms with Crippen LogP contribution in [0.15, 0.2) is 35.9 Å². The van der Waals surface area contributed by atoms with E-state index in [-0.39, 0.29) is 37.4 Å². The lowest BCUT2D eigenvalue weighted by Gasteiger charge is -2.36. The average Bonchev–Trinajstić information content (AvgIpc) is 2.38. The largest absolute Gasteiger partial charge is 0.412 e. The van der Waals surface area contributed by atoms with Crippen LogP contribution in [-0.2, 0) is 0 Å². The van der Waals surface area contributed by atoms with E-state index in [0.29, 0.717) is 5.56 Å². The molecule has 2 N–H and O–H groups in total. The highest BCUT2D eigenvalue weighted by atomic mass is 19.4. The molecular formula is C15H18F4N2. The van der Waals surface area contributed by atoms with Crippen LogP contribution in [0.3, 0.4) is 0 Å². The van der Waals surface area contributed by atoms with Gasteiger partial charge in [0.15, 0.2) is 0 Å². The minimum absolute atomic E-state index is 0.0674. The summed E-state index contributed by atoms with van der Waals surface area (Å²) in [4.78, 5) is 1.86. The number of nitrogens with zero attached hydrogens (tertiary/aromatic N) is 1. The van der Waals surface area contributed by atoms with Crippen molar-refractivity contribution in [3.05, 3.63) is 47.3 Å². The quantitative estimate of drug-likeness (QED) is 0.685. The molecule has 1 aliphatic heterocycles. The Kier molecular flexibility index (Phi) is 4.68. The average molecular weight is 302 g/mol. The number of halogens is 4. The molecule has 1 aromatic carbocycles. The van der Waals surface area contributed by atoms with Gasteiger partial charge in [-0.25, -0.2) is 4.39 Å². The molecule has 0 spiro atoms. The van der Waals surface area contributed by atoms with Gasteiger partial charge in [0, 0.05) is 24.7 Å². The van der Waals surface area contributed by atoms with E-state index in [4.69, 9.17) is 5.73 Å². The third kappa shape index (κ3) is 3.83. The van der Waals surface area contributed by atoms with Crippen molar-refractivity contribution in [3.8, 4) is 0 Å². The SMILES string of the molecule is CC(N)C(c1cccc(F)c1)N1CC=C(C(F)(F)F)CC1. The van der Waals surface area contributed by atoms with Gasteiger partial charge in [-0.3, -0.25) is 4.90 Å². The van der Waals surface area contributed by atoms with Gasteiger partial charge in [-0.1, -0.05) is 18.2 Å². The van der Waals surface area contributed by atoms with E-state index in [1.807, 2.05) is 4.90 Å². The van der Waals surface area contributed by atoms with Crippen LogP contribution in [0.1, 0.15) is 24.9 Å². The Labute approximate surface area is 121 Å². The molecule has 0 aromatic heterocycles. The first-order valence-corrected chi connectivity index (χ1v) is 6.80. The highest BCUT2D eigenvalue weighted by molar-refractivity contribution is 5.23. The van der Waals surface area contributed by atoms with Crippen LogP contribution in [0, 0.1) is 5.82 Å². The van der Waals surface area contributed by atoms with Gasteiger partial charge in [0.05, 0.1) is 6.04 Å². The van der Waals surface area contributed by atoms with Crippen LogP contribution < -0.4 is 5.73 Å². The molecule has 21 heavy (non-hydrogen) atoms. The summed E-state index contributed by atoms with van der Waals surface area (Å²) in [6, 6.07) is 5.44. The lowest BCUT2D eigenvalue weighted by molar-refractivity contribution is -0.0965. The number of hydrogen-bond acceptors (Lipinski definition) is 2. The van der Waals surface area contributed by atoms with Crippen molar-refractivity contribution in [1.29, 1.82) is 0 Å². The fourth-order valence-corrected chi connectivity index (χ4v) is 2.73. The molecule has 2 nitrogen and oxygen atoms in total. The lowest BCUT2D eigenvalue weighted by Crippen LogP contribution is -2.42. The molecular weight excluding hydrogens is 284 g/mol. The van der Waals surface area contributed by atoms with E-state index >= 15 is 0 Å². The maximum atomic E-state index is 13.4. The summed E-state index contributed by atoms with van der Waals surface area (Å²) in [5.41, 5.74) is 6.15. The van der Waals surface area contributed by atoms with Crippen molar-refractivity contribution in [3.63, 3.8) is 0 Å². The van der Waals surface area contributed by atoms with Crippen molar-refractivity contribution in [2.45, 2.75) is 31.6 Å². The fraction of sp³-hybridized carbons (Fsp3) is 0.467. The Hall–Kier alpha value is -1.40. The number of rotatable bonds is 3. The highest BCUT2D eigenvalue weighted by Gasteiger charge is 2.36. The zero-order valence-corrected chi connectivity index (χ0v) is 11.7. The van der Waals surface area contributed by atoms with Crippen LogP contribution >= 0.6 is 0 Å². The molecule has 1 aliphatic rings. The predicted octanol–water partition coefficient (Wildman–Crippen LogP) is 3.41. The molecule has 0 amide bonds. The molecule has 0 saturated carbocycles. The maximum absolute atomic E-state index is 13.4. The molecule has 0 fully saturated rings. The van der Waals surface area contributed by atoms with Crippen molar-refractivity contribution in [1.82, 2.24) is 4.90 Å². The van der Waals surface area contributed by atoms with Gasteiger partial charge in [0.1, 0.15) is 5.82 Å². The Balaban J connectivity index is 2.20. The number of alkyl halides is 3. The molecule has 2 rings (SSSR count). The zero-order valence-electron chi connectivity index (χ0n) is 11.7. The minimum atomic E-state index is -4.27. The van der Waals surface area contributed by atoms with Crippen molar-refractivity contribution < 1.29 is 17.6 Å². The zero-order chi connectivity index (χ0) is 15.6. The molecule has 1 heterocycles. The summed E-state index contributed by atoms with van der Waals surface area (Å²) < 4.78 is 51.3. The van der Waals surface area contributed by atoms with Gasteiger partial charge >= 0.3 is 6.18 Å². The first-order valence-electron chi connectivity index (χ1n) is 6.80. The molecule has 0 radical (unpaired) electrons. The molecule has 6 heteroatoms. The third-order valence-corrected chi connectivity index (χ3v) is 3.69. The number of hydrogen-bond donors (Lipinski definition) is 1. The smallest absolute Gasteiger partial charge is 0.326 e. The van der Waals surface area contributed by atoms with E-state index in [9.17, 15) is 17.6 Å². The van der Waals surface area contributed by atoms with E-state index in [1.54, 1.807) is 19.1 Å². The standard InChI is InChI=1S/C15H18F4N2/c1-10(20)14(11-3-2-4-13(16)9-11)21-7-5-12(6-8-21)15(17,18)19/h2-5,9-10,14H,6-8,20H2,1H3. The predicted molar refractivity (Wildman–Crippen MR) is 73.1 cm³/mol. The van der Waals surface area contributed by atoms with Gasteiger partial charge in [0.2, 0.25) is 0 Å². The fourth-order valence-electron chi connectivity index (χ4n) is 2.73. The summed E-state index contributed by atoms with van der Waals surface area (Å²) in [5, 5.41) is 0. The van der Waals surface area contributed by atoms with Gasteiger partial charge in [-0.05, 0) is 31.0 Å². The number of nitrogens with two attached hydrogens (primary N) is 1. The Morgan fingerprint density at radius 1 is 1.29 bits per heavy atom. The highest BCUT2D eigenvalue weighted by Crippen LogP contribution is 2.33. The van der Waals surface area contributed by atoms with Crippen molar-refractivity contribution >= 4 is 0 Å². The van der Waals surface area contributed by atoms with Gasteiger partial charge in [-0.2, -0.15) is 13.2 Å². The summed E-state index contributed by atoms with van der Waals surface area (Å²) >= 11 is 0. The number of benzene rings is 1. The summed E-state index contributed by atoms with van der Waals surface area (Å²) in [6.45, 7) is 2.20. The first kappa shape index (κ1) is 16.0.